The Hall–Kier alpha value is -0.620. The minimum Gasteiger partial charge on any atom is -0.331 e. The molecule has 0 radical (unpaired) electrons. The lowest BCUT2D eigenvalue weighted by atomic mass is 10.1. The van der Waals surface area contributed by atoms with E-state index in [0.717, 1.165) is 22.2 Å². The summed E-state index contributed by atoms with van der Waals surface area (Å²) in [6.07, 6.45) is 0. The van der Waals surface area contributed by atoms with Gasteiger partial charge >= 0.3 is 0 Å². The SMILES string of the molecule is CC1CNCC(C)N1C(=O)c1ccc(I)cc1. The first-order chi connectivity index (χ1) is 8.09. The van der Waals surface area contributed by atoms with Crippen LogP contribution in [0.25, 0.3) is 0 Å². The van der Waals surface area contributed by atoms with E-state index in [-0.39, 0.29) is 18.0 Å². The first-order valence-electron chi connectivity index (χ1n) is 5.88. The lowest BCUT2D eigenvalue weighted by Crippen LogP contribution is -2.57. The molecular weight excluding hydrogens is 327 g/mol. The molecule has 17 heavy (non-hydrogen) atoms. The number of benzene rings is 1. The third kappa shape index (κ3) is 2.80. The van der Waals surface area contributed by atoms with E-state index in [9.17, 15) is 4.79 Å². The Morgan fingerprint density at radius 3 is 2.29 bits per heavy atom. The topological polar surface area (TPSA) is 32.3 Å². The maximum atomic E-state index is 12.4. The van der Waals surface area contributed by atoms with E-state index in [2.05, 4.69) is 41.8 Å². The van der Waals surface area contributed by atoms with Crippen molar-refractivity contribution in [3.63, 3.8) is 0 Å². The molecule has 1 aliphatic rings. The second kappa shape index (κ2) is 5.35. The quantitative estimate of drug-likeness (QED) is 0.792. The van der Waals surface area contributed by atoms with Crippen LogP contribution in [0.15, 0.2) is 24.3 Å². The molecule has 2 atom stereocenters. The normalized spacial score (nSPS) is 24.8. The highest BCUT2D eigenvalue weighted by Gasteiger charge is 2.29. The Morgan fingerprint density at radius 2 is 1.76 bits per heavy atom. The second-order valence-electron chi connectivity index (χ2n) is 4.58. The second-order valence-corrected chi connectivity index (χ2v) is 5.82. The third-order valence-corrected chi connectivity index (χ3v) is 3.87. The predicted molar refractivity (Wildman–Crippen MR) is 77.1 cm³/mol. The minimum absolute atomic E-state index is 0.142. The molecular formula is C13H17IN2O. The smallest absolute Gasteiger partial charge is 0.254 e. The molecule has 1 amide bonds. The Balaban J connectivity index is 2.20. The molecule has 0 aliphatic carbocycles. The molecule has 4 heteroatoms. The molecule has 1 N–H and O–H groups in total. The Morgan fingerprint density at radius 1 is 1.24 bits per heavy atom. The van der Waals surface area contributed by atoms with Gasteiger partial charge in [-0.3, -0.25) is 4.79 Å². The maximum Gasteiger partial charge on any atom is 0.254 e. The predicted octanol–water partition coefficient (Wildman–Crippen LogP) is 2.11. The van der Waals surface area contributed by atoms with Crippen molar-refractivity contribution < 1.29 is 4.79 Å². The monoisotopic (exact) mass is 344 g/mol. The zero-order valence-electron chi connectivity index (χ0n) is 10.1. The number of nitrogens with zero attached hydrogens (tertiary/aromatic N) is 1. The van der Waals surface area contributed by atoms with Gasteiger partial charge in [-0.25, -0.2) is 0 Å². The van der Waals surface area contributed by atoms with Crippen molar-refractivity contribution in [2.45, 2.75) is 25.9 Å². The number of carbonyl (C=O) groups is 1. The summed E-state index contributed by atoms with van der Waals surface area (Å²) in [4.78, 5) is 14.4. The van der Waals surface area contributed by atoms with Crippen LogP contribution in [-0.4, -0.2) is 36.0 Å². The van der Waals surface area contributed by atoms with E-state index in [1.54, 1.807) is 0 Å². The number of halogens is 1. The van der Waals surface area contributed by atoms with E-state index >= 15 is 0 Å². The molecule has 0 spiro atoms. The van der Waals surface area contributed by atoms with E-state index in [1.165, 1.54) is 0 Å². The highest BCUT2D eigenvalue weighted by molar-refractivity contribution is 14.1. The standard InChI is InChI=1S/C13H17IN2O/c1-9-7-15-8-10(2)16(9)13(17)11-3-5-12(14)6-4-11/h3-6,9-10,15H,7-8H2,1-2H3. The van der Waals surface area contributed by atoms with Gasteiger partial charge in [0.1, 0.15) is 0 Å². The molecule has 0 aromatic heterocycles. The molecule has 2 unspecified atom stereocenters. The molecule has 1 aliphatic heterocycles. The highest BCUT2D eigenvalue weighted by atomic mass is 127. The van der Waals surface area contributed by atoms with E-state index in [4.69, 9.17) is 0 Å². The van der Waals surface area contributed by atoms with Gasteiger partial charge < -0.3 is 10.2 Å². The fourth-order valence-corrected chi connectivity index (χ4v) is 2.63. The molecule has 1 fully saturated rings. The van der Waals surface area contributed by atoms with Crippen LogP contribution in [0.5, 0.6) is 0 Å². The van der Waals surface area contributed by atoms with E-state index in [0.29, 0.717) is 0 Å². The van der Waals surface area contributed by atoms with Crippen molar-refractivity contribution in [3.05, 3.63) is 33.4 Å². The largest absolute Gasteiger partial charge is 0.331 e. The zero-order valence-corrected chi connectivity index (χ0v) is 12.3. The molecule has 92 valence electrons. The summed E-state index contributed by atoms with van der Waals surface area (Å²) in [5.41, 5.74) is 0.783. The summed E-state index contributed by atoms with van der Waals surface area (Å²) in [5, 5.41) is 3.33. The van der Waals surface area contributed by atoms with E-state index in [1.807, 2.05) is 29.2 Å². The van der Waals surface area contributed by atoms with Gasteiger partial charge in [0.25, 0.3) is 5.91 Å². The number of rotatable bonds is 1. The summed E-state index contributed by atoms with van der Waals surface area (Å²) in [6, 6.07) is 8.28. The van der Waals surface area contributed by atoms with Crippen LogP contribution in [0.2, 0.25) is 0 Å². The van der Waals surface area contributed by atoms with Crippen molar-refractivity contribution in [1.82, 2.24) is 10.2 Å². The average molecular weight is 344 g/mol. The zero-order chi connectivity index (χ0) is 12.4. The number of nitrogens with one attached hydrogen (secondary N) is 1. The van der Waals surface area contributed by atoms with Gasteiger partial charge in [0.2, 0.25) is 0 Å². The summed E-state index contributed by atoms with van der Waals surface area (Å²) in [7, 11) is 0. The van der Waals surface area contributed by atoms with Gasteiger partial charge in [-0.15, -0.1) is 0 Å². The summed E-state index contributed by atoms with van der Waals surface area (Å²) < 4.78 is 1.15. The van der Waals surface area contributed by atoms with Gasteiger partial charge in [-0.2, -0.15) is 0 Å². The number of piperazine rings is 1. The molecule has 0 saturated carbocycles. The fourth-order valence-electron chi connectivity index (χ4n) is 2.27. The number of carbonyl (C=O) groups excluding carboxylic acids is 1. The Bertz CT molecular complexity index is 394. The van der Waals surface area contributed by atoms with Gasteiger partial charge in [-0.05, 0) is 60.7 Å². The fraction of sp³-hybridized carbons (Fsp3) is 0.462. The minimum atomic E-state index is 0.142. The van der Waals surface area contributed by atoms with E-state index < -0.39 is 0 Å². The van der Waals surface area contributed by atoms with Gasteiger partial charge in [0.15, 0.2) is 0 Å². The van der Waals surface area contributed by atoms with Crippen molar-refractivity contribution in [2.24, 2.45) is 0 Å². The maximum absolute atomic E-state index is 12.4. The van der Waals surface area contributed by atoms with Crippen LogP contribution in [0.4, 0.5) is 0 Å². The van der Waals surface area contributed by atoms with Gasteiger partial charge in [0, 0.05) is 34.3 Å². The lowest BCUT2D eigenvalue weighted by molar-refractivity contribution is 0.0544. The molecule has 3 nitrogen and oxygen atoms in total. The number of hydrogen-bond donors (Lipinski definition) is 1. The van der Waals surface area contributed by atoms with Gasteiger partial charge in [0.05, 0.1) is 0 Å². The highest BCUT2D eigenvalue weighted by Crippen LogP contribution is 2.16. The number of amides is 1. The van der Waals surface area contributed by atoms with Crippen LogP contribution in [0.1, 0.15) is 24.2 Å². The van der Waals surface area contributed by atoms with Crippen LogP contribution < -0.4 is 5.32 Å². The van der Waals surface area contributed by atoms with Crippen LogP contribution >= 0.6 is 22.6 Å². The van der Waals surface area contributed by atoms with Crippen molar-refractivity contribution >= 4 is 28.5 Å². The molecule has 0 bridgehead atoms. The summed E-state index contributed by atoms with van der Waals surface area (Å²) in [6.45, 7) is 5.93. The molecule has 1 heterocycles. The first-order valence-corrected chi connectivity index (χ1v) is 6.96. The van der Waals surface area contributed by atoms with Crippen molar-refractivity contribution in [2.75, 3.05) is 13.1 Å². The third-order valence-electron chi connectivity index (χ3n) is 3.15. The number of hydrogen-bond acceptors (Lipinski definition) is 2. The summed E-state index contributed by atoms with van der Waals surface area (Å²) in [5.74, 6) is 0.142. The molecule has 2 rings (SSSR count). The molecule has 1 aromatic rings. The lowest BCUT2D eigenvalue weighted by Gasteiger charge is -2.39. The Labute approximate surface area is 116 Å². The summed E-state index contributed by atoms with van der Waals surface area (Å²) >= 11 is 2.25. The van der Waals surface area contributed by atoms with Crippen LogP contribution in [0.3, 0.4) is 0 Å². The van der Waals surface area contributed by atoms with Crippen molar-refractivity contribution in [3.8, 4) is 0 Å². The van der Waals surface area contributed by atoms with Gasteiger partial charge in [-0.1, -0.05) is 0 Å². The molecule has 1 aromatic carbocycles. The first kappa shape index (κ1) is 12.8. The molecule has 1 saturated heterocycles. The van der Waals surface area contributed by atoms with Crippen LogP contribution in [-0.2, 0) is 0 Å². The van der Waals surface area contributed by atoms with Crippen molar-refractivity contribution in [1.29, 1.82) is 0 Å². The van der Waals surface area contributed by atoms with Crippen LogP contribution in [0, 0.1) is 3.57 Å². The average Bonchev–Trinajstić information content (AvgIpc) is 2.29. The Kier molecular flexibility index (Phi) is 4.04.